The smallest absolute Gasteiger partial charge is 0.207 e. The number of piperidine rings is 1. The first kappa shape index (κ1) is 20.3. The molecule has 7 nitrogen and oxygen atoms in total. The van der Waals surface area contributed by atoms with Crippen molar-refractivity contribution >= 4 is 20.2 Å². The quantitative estimate of drug-likeness (QED) is 0.731. The number of hydrogen-bond acceptors (Lipinski definition) is 4. The minimum absolute atomic E-state index is 0.128. The van der Waals surface area contributed by atoms with E-state index in [4.69, 9.17) is 0 Å². The molecular formula is C16H27N3O4S2. The van der Waals surface area contributed by atoms with Crippen molar-refractivity contribution in [2.24, 2.45) is 0 Å². The van der Waals surface area contributed by atoms with Gasteiger partial charge in [-0.05, 0) is 30.5 Å². The van der Waals surface area contributed by atoms with E-state index in [1.54, 1.807) is 38.1 Å². The Morgan fingerprint density at radius 1 is 0.960 bits per heavy atom. The van der Waals surface area contributed by atoms with Crippen LogP contribution in [0.2, 0.25) is 0 Å². The third-order valence-corrected chi connectivity index (χ3v) is 8.00. The molecule has 2 rings (SSSR count). The van der Waals surface area contributed by atoms with E-state index in [-0.39, 0.29) is 11.4 Å². The molecule has 0 spiro atoms. The van der Waals surface area contributed by atoms with Gasteiger partial charge in [0.15, 0.2) is 0 Å². The average molecular weight is 390 g/mol. The molecule has 0 saturated carbocycles. The SMILES string of the molecule is CCN(CC)S(=O)(=O)NCc1ccc(S(=O)(=O)N2CCCCC2)cc1. The molecule has 0 aliphatic carbocycles. The van der Waals surface area contributed by atoms with Gasteiger partial charge in [-0.15, -0.1) is 0 Å². The molecule has 1 fully saturated rings. The first-order valence-electron chi connectivity index (χ1n) is 8.65. The van der Waals surface area contributed by atoms with Crippen molar-refractivity contribution in [2.75, 3.05) is 26.2 Å². The van der Waals surface area contributed by atoms with Crippen LogP contribution < -0.4 is 4.72 Å². The number of nitrogens with one attached hydrogen (secondary N) is 1. The zero-order valence-electron chi connectivity index (χ0n) is 14.8. The lowest BCUT2D eigenvalue weighted by molar-refractivity contribution is 0.346. The number of nitrogens with zero attached hydrogens (tertiary/aromatic N) is 2. The molecule has 0 atom stereocenters. The highest BCUT2D eigenvalue weighted by Crippen LogP contribution is 2.20. The van der Waals surface area contributed by atoms with Crippen LogP contribution in [0, 0.1) is 0 Å². The van der Waals surface area contributed by atoms with Crippen LogP contribution in [-0.2, 0) is 26.8 Å². The second kappa shape index (κ2) is 8.59. The molecule has 1 aliphatic rings. The Kier molecular flexibility index (Phi) is 6.98. The van der Waals surface area contributed by atoms with Crippen molar-refractivity contribution in [3.05, 3.63) is 29.8 Å². The molecule has 0 bridgehead atoms. The second-order valence-corrected chi connectivity index (χ2v) is 9.71. The van der Waals surface area contributed by atoms with Crippen LogP contribution in [-0.4, -0.2) is 51.6 Å². The molecule has 1 aliphatic heterocycles. The van der Waals surface area contributed by atoms with Gasteiger partial charge in [0.2, 0.25) is 10.0 Å². The third-order valence-electron chi connectivity index (χ3n) is 4.38. The van der Waals surface area contributed by atoms with Crippen LogP contribution in [0.4, 0.5) is 0 Å². The molecule has 9 heteroatoms. The lowest BCUT2D eigenvalue weighted by Gasteiger charge is -2.25. The van der Waals surface area contributed by atoms with Gasteiger partial charge in [0, 0.05) is 32.7 Å². The van der Waals surface area contributed by atoms with Gasteiger partial charge in [-0.25, -0.2) is 8.42 Å². The van der Waals surface area contributed by atoms with E-state index in [2.05, 4.69) is 4.72 Å². The molecule has 1 aromatic rings. The summed E-state index contributed by atoms with van der Waals surface area (Å²) in [7, 11) is -6.98. The summed E-state index contributed by atoms with van der Waals surface area (Å²) in [5.74, 6) is 0. The minimum atomic E-state index is -3.52. The normalized spacial score (nSPS) is 17.1. The highest BCUT2D eigenvalue weighted by molar-refractivity contribution is 7.89. The maximum atomic E-state index is 12.6. The van der Waals surface area contributed by atoms with E-state index in [0.717, 1.165) is 19.3 Å². The number of rotatable bonds is 8. The van der Waals surface area contributed by atoms with Gasteiger partial charge in [-0.3, -0.25) is 0 Å². The summed E-state index contributed by atoms with van der Waals surface area (Å²) < 4.78 is 54.8. The third kappa shape index (κ3) is 5.01. The lowest BCUT2D eigenvalue weighted by atomic mass is 10.2. The fourth-order valence-electron chi connectivity index (χ4n) is 2.86. The van der Waals surface area contributed by atoms with Crippen LogP contribution in [0.5, 0.6) is 0 Å². The first-order chi connectivity index (χ1) is 11.8. The Labute approximate surface area is 151 Å². The van der Waals surface area contributed by atoms with Crippen molar-refractivity contribution < 1.29 is 16.8 Å². The molecule has 0 aromatic heterocycles. The van der Waals surface area contributed by atoms with E-state index in [0.29, 0.717) is 31.7 Å². The molecule has 142 valence electrons. The van der Waals surface area contributed by atoms with Crippen LogP contribution in [0.15, 0.2) is 29.2 Å². The Bertz CT molecular complexity index is 751. The summed E-state index contributed by atoms with van der Waals surface area (Å²) in [5.41, 5.74) is 0.716. The van der Waals surface area contributed by atoms with Crippen molar-refractivity contribution in [3.63, 3.8) is 0 Å². The summed E-state index contributed by atoms with van der Waals surface area (Å²) in [6, 6.07) is 6.40. The van der Waals surface area contributed by atoms with Crippen LogP contribution >= 0.6 is 0 Å². The Morgan fingerprint density at radius 3 is 2.04 bits per heavy atom. The van der Waals surface area contributed by atoms with Crippen molar-refractivity contribution in [3.8, 4) is 0 Å². The summed E-state index contributed by atoms with van der Waals surface area (Å²) in [6.45, 7) is 5.62. The number of sulfonamides is 1. The van der Waals surface area contributed by atoms with Gasteiger partial charge in [0.05, 0.1) is 4.90 Å². The van der Waals surface area contributed by atoms with Gasteiger partial charge < -0.3 is 0 Å². The molecule has 25 heavy (non-hydrogen) atoms. The van der Waals surface area contributed by atoms with E-state index < -0.39 is 20.2 Å². The molecule has 0 radical (unpaired) electrons. The molecule has 1 N–H and O–H groups in total. The molecule has 1 saturated heterocycles. The zero-order valence-corrected chi connectivity index (χ0v) is 16.4. The Hall–Kier alpha value is -1.00. The largest absolute Gasteiger partial charge is 0.279 e. The highest BCUT2D eigenvalue weighted by atomic mass is 32.2. The van der Waals surface area contributed by atoms with E-state index >= 15 is 0 Å². The maximum Gasteiger partial charge on any atom is 0.279 e. The monoisotopic (exact) mass is 389 g/mol. The van der Waals surface area contributed by atoms with Gasteiger partial charge in [-0.2, -0.15) is 21.8 Å². The van der Waals surface area contributed by atoms with Crippen molar-refractivity contribution in [1.82, 2.24) is 13.3 Å². The van der Waals surface area contributed by atoms with Gasteiger partial charge in [0.1, 0.15) is 0 Å². The zero-order chi connectivity index (χ0) is 18.5. The Morgan fingerprint density at radius 2 is 1.52 bits per heavy atom. The second-order valence-electron chi connectivity index (χ2n) is 6.02. The van der Waals surface area contributed by atoms with E-state index in [1.807, 2.05) is 0 Å². The molecule has 0 unspecified atom stereocenters. The van der Waals surface area contributed by atoms with Crippen molar-refractivity contribution in [1.29, 1.82) is 0 Å². The van der Waals surface area contributed by atoms with Crippen LogP contribution in [0.3, 0.4) is 0 Å². The van der Waals surface area contributed by atoms with E-state index in [1.165, 1.54) is 8.61 Å². The molecule has 1 heterocycles. The topological polar surface area (TPSA) is 86.8 Å². The summed E-state index contributed by atoms with van der Waals surface area (Å²) in [6.07, 6.45) is 2.85. The molecule has 1 aromatic carbocycles. The predicted molar refractivity (Wildman–Crippen MR) is 97.7 cm³/mol. The fourth-order valence-corrected chi connectivity index (χ4v) is 5.59. The number of benzene rings is 1. The highest BCUT2D eigenvalue weighted by Gasteiger charge is 2.25. The lowest BCUT2D eigenvalue weighted by Crippen LogP contribution is -2.40. The fraction of sp³-hybridized carbons (Fsp3) is 0.625. The summed E-state index contributed by atoms with van der Waals surface area (Å²) in [5, 5.41) is 0. The maximum absolute atomic E-state index is 12.6. The standard InChI is InChI=1S/C16H27N3O4S2/c1-3-18(4-2)25(22,23)17-14-15-8-10-16(11-9-15)24(20,21)19-12-6-5-7-13-19/h8-11,17H,3-7,12-14H2,1-2H3. The molecule has 0 amide bonds. The molecular weight excluding hydrogens is 362 g/mol. The van der Waals surface area contributed by atoms with Crippen LogP contribution in [0.1, 0.15) is 38.7 Å². The predicted octanol–water partition coefficient (Wildman–Crippen LogP) is 1.54. The minimum Gasteiger partial charge on any atom is -0.207 e. The average Bonchev–Trinajstić information content (AvgIpc) is 2.62. The first-order valence-corrected chi connectivity index (χ1v) is 11.5. The van der Waals surface area contributed by atoms with Gasteiger partial charge in [-0.1, -0.05) is 32.4 Å². The van der Waals surface area contributed by atoms with Gasteiger partial charge in [0.25, 0.3) is 10.2 Å². The van der Waals surface area contributed by atoms with Gasteiger partial charge >= 0.3 is 0 Å². The number of hydrogen-bond donors (Lipinski definition) is 1. The Balaban J connectivity index is 2.05. The summed E-state index contributed by atoms with van der Waals surface area (Å²) >= 11 is 0. The van der Waals surface area contributed by atoms with E-state index in [9.17, 15) is 16.8 Å². The van der Waals surface area contributed by atoms with Crippen LogP contribution in [0.25, 0.3) is 0 Å². The summed E-state index contributed by atoms with van der Waals surface area (Å²) in [4.78, 5) is 0.254. The van der Waals surface area contributed by atoms with Crippen molar-refractivity contribution in [2.45, 2.75) is 44.6 Å².